The molecule has 0 aliphatic heterocycles. The van der Waals surface area contributed by atoms with Crippen molar-refractivity contribution in [3.63, 3.8) is 0 Å². The van der Waals surface area contributed by atoms with E-state index in [9.17, 15) is 4.79 Å². The van der Waals surface area contributed by atoms with Crippen LogP contribution in [0.2, 0.25) is 0 Å². The fourth-order valence-corrected chi connectivity index (χ4v) is 1.65. The number of ether oxygens (including phenoxy) is 1. The molecule has 1 aromatic carbocycles. The van der Waals surface area contributed by atoms with Crippen LogP contribution < -0.4 is 0 Å². The number of halogens is 1. The number of benzene rings is 1. The van der Waals surface area contributed by atoms with Crippen molar-refractivity contribution in [2.24, 2.45) is 0 Å². The van der Waals surface area contributed by atoms with E-state index in [4.69, 9.17) is 21.6 Å². The fourth-order valence-electron chi connectivity index (χ4n) is 1.52. The lowest BCUT2D eigenvalue weighted by Gasteiger charge is -2.08. The van der Waals surface area contributed by atoms with E-state index in [1.165, 1.54) is 0 Å². The lowest BCUT2D eigenvalue weighted by molar-refractivity contribution is 0.0525. The maximum absolute atomic E-state index is 11.7. The van der Waals surface area contributed by atoms with Crippen LogP contribution in [-0.4, -0.2) is 18.5 Å². The Balaban J connectivity index is 3.03. The van der Waals surface area contributed by atoms with Gasteiger partial charge >= 0.3 is 5.97 Å². The molecule has 0 unspecified atom stereocenters. The normalized spacial score (nSPS) is 9.71. The molecular formula is C13H14ClNO2. The summed E-state index contributed by atoms with van der Waals surface area (Å²) in [5.41, 5.74) is 1.81. The minimum absolute atomic E-state index is 0.324. The van der Waals surface area contributed by atoms with Crippen LogP contribution in [0.25, 0.3) is 0 Å². The van der Waals surface area contributed by atoms with Gasteiger partial charge in [-0.3, -0.25) is 0 Å². The Morgan fingerprint density at radius 3 is 2.88 bits per heavy atom. The van der Waals surface area contributed by atoms with Crippen LogP contribution in [0, 0.1) is 11.3 Å². The Morgan fingerprint density at radius 1 is 1.53 bits per heavy atom. The molecule has 4 heteroatoms. The second kappa shape index (κ2) is 6.93. The summed E-state index contributed by atoms with van der Waals surface area (Å²) in [7, 11) is 0. The molecule has 0 aliphatic carbocycles. The Labute approximate surface area is 106 Å². The number of hydrogen-bond acceptors (Lipinski definition) is 3. The van der Waals surface area contributed by atoms with Crippen molar-refractivity contribution in [2.45, 2.75) is 19.8 Å². The van der Waals surface area contributed by atoms with E-state index in [1.54, 1.807) is 25.1 Å². The standard InChI is InChI=1S/C13H14ClNO2/c1-2-17-13(16)12-8-10(9-15)5-6-11(12)4-3-7-14/h5-6,8H,2-4,7H2,1H3. The Kier molecular flexibility index (Phi) is 5.51. The average Bonchev–Trinajstić information content (AvgIpc) is 2.36. The Bertz CT molecular complexity index is 438. The van der Waals surface area contributed by atoms with Gasteiger partial charge in [0.15, 0.2) is 0 Å². The molecule has 0 radical (unpaired) electrons. The number of hydrogen-bond donors (Lipinski definition) is 0. The molecule has 0 atom stereocenters. The van der Waals surface area contributed by atoms with Gasteiger partial charge in [-0.1, -0.05) is 6.07 Å². The summed E-state index contributed by atoms with van der Waals surface area (Å²) < 4.78 is 4.97. The number of rotatable bonds is 5. The molecule has 0 N–H and O–H groups in total. The first-order valence-electron chi connectivity index (χ1n) is 5.49. The summed E-state index contributed by atoms with van der Waals surface area (Å²) >= 11 is 5.63. The molecule has 0 saturated heterocycles. The van der Waals surface area contributed by atoms with Crippen molar-refractivity contribution in [1.82, 2.24) is 0 Å². The first-order chi connectivity index (χ1) is 8.22. The van der Waals surface area contributed by atoms with Crippen molar-refractivity contribution in [3.8, 4) is 6.07 Å². The highest BCUT2D eigenvalue weighted by molar-refractivity contribution is 6.17. The largest absolute Gasteiger partial charge is 0.462 e. The summed E-state index contributed by atoms with van der Waals surface area (Å²) in [6, 6.07) is 7.07. The van der Waals surface area contributed by atoms with Gasteiger partial charge < -0.3 is 4.74 Å². The third-order valence-corrected chi connectivity index (χ3v) is 2.58. The van der Waals surface area contributed by atoms with Gasteiger partial charge in [-0.05, 0) is 37.5 Å². The molecule has 0 bridgehead atoms. The molecule has 0 spiro atoms. The number of aryl methyl sites for hydroxylation is 1. The van der Waals surface area contributed by atoms with E-state index >= 15 is 0 Å². The molecule has 3 nitrogen and oxygen atoms in total. The number of nitriles is 1. The van der Waals surface area contributed by atoms with Crippen LogP contribution in [0.1, 0.15) is 34.8 Å². The van der Waals surface area contributed by atoms with E-state index in [-0.39, 0.29) is 5.97 Å². The molecule has 1 rings (SSSR count). The number of carbonyl (C=O) groups is 1. The predicted molar refractivity (Wildman–Crippen MR) is 66.2 cm³/mol. The summed E-state index contributed by atoms with van der Waals surface area (Å²) in [6.45, 7) is 2.08. The van der Waals surface area contributed by atoms with Gasteiger partial charge in [0.2, 0.25) is 0 Å². The first-order valence-corrected chi connectivity index (χ1v) is 6.02. The van der Waals surface area contributed by atoms with E-state index in [1.807, 2.05) is 6.07 Å². The molecule has 1 aromatic rings. The highest BCUT2D eigenvalue weighted by atomic mass is 35.5. The number of alkyl halides is 1. The summed E-state index contributed by atoms with van der Waals surface area (Å²) in [5, 5.41) is 8.82. The number of nitrogens with zero attached hydrogens (tertiary/aromatic N) is 1. The number of esters is 1. The van der Waals surface area contributed by atoms with Gasteiger partial charge in [-0.25, -0.2) is 4.79 Å². The van der Waals surface area contributed by atoms with Crippen LogP contribution in [-0.2, 0) is 11.2 Å². The monoisotopic (exact) mass is 251 g/mol. The average molecular weight is 252 g/mol. The van der Waals surface area contributed by atoms with E-state index in [0.29, 0.717) is 30.0 Å². The van der Waals surface area contributed by atoms with Gasteiger partial charge in [0.25, 0.3) is 0 Å². The number of carbonyl (C=O) groups excluding carboxylic acids is 1. The molecule has 0 fully saturated rings. The molecule has 90 valence electrons. The quantitative estimate of drug-likeness (QED) is 0.597. The summed E-state index contributed by atoms with van der Waals surface area (Å²) in [6.07, 6.45) is 1.50. The summed E-state index contributed by atoms with van der Waals surface area (Å²) in [4.78, 5) is 11.7. The van der Waals surface area contributed by atoms with E-state index in [0.717, 1.165) is 12.0 Å². The smallest absolute Gasteiger partial charge is 0.338 e. The molecule has 0 amide bonds. The maximum Gasteiger partial charge on any atom is 0.338 e. The van der Waals surface area contributed by atoms with Crippen molar-refractivity contribution in [1.29, 1.82) is 5.26 Å². The topological polar surface area (TPSA) is 50.1 Å². The second-order valence-electron chi connectivity index (χ2n) is 3.50. The minimum Gasteiger partial charge on any atom is -0.462 e. The molecule has 0 heterocycles. The molecule has 0 aliphatic rings. The highest BCUT2D eigenvalue weighted by Crippen LogP contribution is 2.15. The molecular weight excluding hydrogens is 238 g/mol. The molecule has 0 saturated carbocycles. The SMILES string of the molecule is CCOC(=O)c1cc(C#N)ccc1CCCCl. The van der Waals surface area contributed by atoms with Crippen molar-refractivity contribution >= 4 is 17.6 Å². The van der Waals surface area contributed by atoms with Gasteiger partial charge in [-0.2, -0.15) is 5.26 Å². The first kappa shape index (κ1) is 13.5. The minimum atomic E-state index is -0.380. The zero-order chi connectivity index (χ0) is 12.7. The second-order valence-corrected chi connectivity index (χ2v) is 3.87. The van der Waals surface area contributed by atoms with E-state index < -0.39 is 0 Å². The van der Waals surface area contributed by atoms with Crippen molar-refractivity contribution < 1.29 is 9.53 Å². The third-order valence-electron chi connectivity index (χ3n) is 2.31. The zero-order valence-corrected chi connectivity index (χ0v) is 10.5. The van der Waals surface area contributed by atoms with Crippen LogP contribution in [0.3, 0.4) is 0 Å². The predicted octanol–water partition coefficient (Wildman–Crippen LogP) is 2.91. The molecule has 0 aromatic heterocycles. The van der Waals surface area contributed by atoms with Crippen molar-refractivity contribution in [3.05, 3.63) is 34.9 Å². The zero-order valence-electron chi connectivity index (χ0n) is 9.70. The van der Waals surface area contributed by atoms with Crippen molar-refractivity contribution in [2.75, 3.05) is 12.5 Å². The third kappa shape index (κ3) is 3.76. The fraction of sp³-hybridized carbons (Fsp3) is 0.385. The van der Waals surface area contributed by atoms with Gasteiger partial charge in [0, 0.05) is 5.88 Å². The van der Waals surface area contributed by atoms with Gasteiger partial charge in [0.1, 0.15) is 0 Å². The van der Waals surface area contributed by atoms with Gasteiger partial charge in [0.05, 0.1) is 23.8 Å². The maximum atomic E-state index is 11.7. The highest BCUT2D eigenvalue weighted by Gasteiger charge is 2.13. The lowest BCUT2D eigenvalue weighted by Crippen LogP contribution is -2.09. The van der Waals surface area contributed by atoms with E-state index in [2.05, 4.69) is 0 Å². The van der Waals surface area contributed by atoms with Crippen LogP contribution in [0.5, 0.6) is 0 Å². The Morgan fingerprint density at radius 2 is 2.29 bits per heavy atom. The Hall–Kier alpha value is -1.53. The van der Waals surface area contributed by atoms with Gasteiger partial charge in [-0.15, -0.1) is 11.6 Å². The van der Waals surface area contributed by atoms with Crippen LogP contribution in [0.4, 0.5) is 0 Å². The van der Waals surface area contributed by atoms with Crippen LogP contribution in [0.15, 0.2) is 18.2 Å². The summed E-state index contributed by atoms with van der Waals surface area (Å²) in [5.74, 6) is 0.164. The van der Waals surface area contributed by atoms with Crippen LogP contribution >= 0.6 is 11.6 Å². The lowest BCUT2D eigenvalue weighted by atomic mass is 10.0. The molecule has 17 heavy (non-hydrogen) atoms.